The lowest BCUT2D eigenvalue weighted by molar-refractivity contribution is -0.121. The third-order valence-corrected chi connectivity index (χ3v) is 5.67. The summed E-state index contributed by atoms with van der Waals surface area (Å²) in [5.74, 6) is 0.478. The van der Waals surface area contributed by atoms with Crippen molar-refractivity contribution in [3.63, 3.8) is 0 Å². The summed E-state index contributed by atoms with van der Waals surface area (Å²) in [6.07, 6.45) is 5.67. The van der Waals surface area contributed by atoms with Crippen molar-refractivity contribution in [3.05, 3.63) is 30.3 Å². The average molecular weight is 355 g/mol. The quantitative estimate of drug-likeness (QED) is 0.621. The van der Waals surface area contributed by atoms with E-state index in [2.05, 4.69) is 19.2 Å². The number of carbonyl (C=O) groups is 1. The van der Waals surface area contributed by atoms with Gasteiger partial charge in [-0.1, -0.05) is 57.7 Å². The molecule has 0 unspecified atom stereocenters. The van der Waals surface area contributed by atoms with E-state index in [0.29, 0.717) is 6.54 Å². The van der Waals surface area contributed by atoms with E-state index in [1.54, 1.807) is 18.2 Å². The summed E-state index contributed by atoms with van der Waals surface area (Å²) in [5.41, 5.74) is 0. The maximum absolute atomic E-state index is 12.3. The molecule has 0 aromatic heterocycles. The summed E-state index contributed by atoms with van der Waals surface area (Å²) < 4.78 is 25.7. The predicted octanol–water partition coefficient (Wildman–Crippen LogP) is 3.03. The minimum Gasteiger partial charge on any atom is -0.355 e. The van der Waals surface area contributed by atoms with E-state index in [1.165, 1.54) is 38.4 Å². The van der Waals surface area contributed by atoms with Crippen LogP contribution in [0.5, 0.6) is 0 Å². The summed E-state index contributed by atoms with van der Waals surface area (Å²) in [6.45, 7) is 4.88. The fourth-order valence-corrected chi connectivity index (χ4v) is 3.52. The van der Waals surface area contributed by atoms with Crippen LogP contribution in [0.3, 0.4) is 0 Å². The molecule has 0 fully saturated rings. The maximum Gasteiger partial charge on any atom is 0.243 e. The van der Waals surface area contributed by atoms with Gasteiger partial charge < -0.3 is 5.32 Å². The Kier molecular flexibility index (Phi) is 9.00. The van der Waals surface area contributed by atoms with Gasteiger partial charge in [0.2, 0.25) is 15.9 Å². The number of hydrogen-bond acceptors (Lipinski definition) is 3. The molecule has 1 rings (SSSR count). The molecule has 5 nitrogen and oxygen atoms in total. The largest absolute Gasteiger partial charge is 0.355 e. The minimum atomic E-state index is -3.61. The molecule has 0 radical (unpaired) electrons. The van der Waals surface area contributed by atoms with E-state index in [0.717, 1.165) is 23.1 Å². The Balaban J connectivity index is 2.27. The first-order valence-corrected chi connectivity index (χ1v) is 10.1. The Hall–Kier alpha value is -1.40. The molecule has 0 bridgehead atoms. The van der Waals surface area contributed by atoms with Crippen molar-refractivity contribution in [3.8, 4) is 0 Å². The zero-order valence-corrected chi connectivity index (χ0v) is 15.8. The first-order valence-electron chi connectivity index (χ1n) is 8.62. The lowest BCUT2D eigenvalue weighted by Gasteiger charge is -2.16. The highest BCUT2D eigenvalue weighted by molar-refractivity contribution is 7.89. The minimum absolute atomic E-state index is 0.162. The molecule has 0 saturated heterocycles. The molecule has 0 spiro atoms. The molecule has 1 N–H and O–H groups in total. The number of amides is 1. The Morgan fingerprint density at radius 3 is 2.33 bits per heavy atom. The number of nitrogens with one attached hydrogen (secondary N) is 1. The van der Waals surface area contributed by atoms with Crippen LogP contribution in [0.1, 0.15) is 46.0 Å². The topological polar surface area (TPSA) is 66.5 Å². The number of unbranched alkanes of at least 4 members (excludes halogenated alkanes) is 3. The fourth-order valence-electron chi connectivity index (χ4n) is 2.37. The van der Waals surface area contributed by atoms with Gasteiger partial charge in [-0.2, -0.15) is 4.31 Å². The number of hydrogen-bond donors (Lipinski definition) is 1. The second kappa shape index (κ2) is 10.5. The van der Waals surface area contributed by atoms with Gasteiger partial charge in [0.15, 0.2) is 0 Å². The second-order valence-electron chi connectivity index (χ2n) is 6.52. The lowest BCUT2D eigenvalue weighted by atomic mass is 10.0. The Labute approximate surface area is 146 Å². The Bertz CT molecular complexity index is 586. The van der Waals surface area contributed by atoms with Crippen molar-refractivity contribution >= 4 is 15.9 Å². The monoisotopic (exact) mass is 354 g/mol. The molecule has 6 heteroatoms. The van der Waals surface area contributed by atoms with Crippen LogP contribution in [-0.2, 0) is 14.8 Å². The molecule has 0 aliphatic rings. The SMILES string of the molecule is CC(C)CCCCCCNC(=O)CN(C)S(=O)(=O)c1ccccc1. The zero-order chi connectivity index (χ0) is 18.0. The standard InChI is InChI=1S/C18H30N2O3S/c1-16(2)11-7-4-5-10-14-19-18(21)15-20(3)24(22,23)17-12-8-6-9-13-17/h6,8-9,12-13,16H,4-5,7,10-11,14-15H2,1-3H3,(H,19,21). The van der Waals surface area contributed by atoms with Crippen LogP contribution in [0.15, 0.2) is 35.2 Å². The van der Waals surface area contributed by atoms with Gasteiger partial charge in [0, 0.05) is 13.6 Å². The number of rotatable bonds is 11. The van der Waals surface area contributed by atoms with E-state index in [1.807, 2.05) is 0 Å². The highest BCUT2D eigenvalue weighted by atomic mass is 32.2. The lowest BCUT2D eigenvalue weighted by Crippen LogP contribution is -2.38. The Morgan fingerprint density at radius 2 is 1.71 bits per heavy atom. The van der Waals surface area contributed by atoms with Crippen molar-refractivity contribution in [1.29, 1.82) is 0 Å². The number of benzene rings is 1. The van der Waals surface area contributed by atoms with Gasteiger partial charge in [-0.05, 0) is 24.5 Å². The third-order valence-electron chi connectivity index (χ3n) is 3.85. The van der Waals surface area contributed by atoms with Gasteiger partial charge in [-0.3, -0.25) is 4.79 Å². The van der Waals surface area contributed by atoms with Crippen molar-refractivity contribution in [2.75, 3.05) is 20.1 Å². The van der Waals surface area contributed by atoms with Gasteiger partial charge in [-0.15, -0.1) is 0 Å². The third kappa shape index (κ3) is 7.45. The summed E-state index contributed by atoms with van der Waals surface area (Å²) >= 11 is 0. The van der Waals surface area contributed by atoms with Crippen LogP contribution in [0.4, 0.5) is 0 Å². The van der Waals surface area contributed by atoms with Crippen molar-refractivity contribution in [2.24, 2.45) is 5.92 Å². The van der Waals surface area contributed by atoms with E-state index in [9.17, 15) is 13.2 Å². The maximum atomic E-state index is 12.3. The van der Waals surface area contributed by atoms with Crippen molar-refractivity contribution < 1.29 is 13.2 Å². The highest BCUT2D eigenvalue weighted by Gasteiger charge is 2.22. The predicted molar refractivity (Wildman–Crippen MR) is 97.2 cm³/mol. The summed E-state index contributed by atoms with van der Waals surface area (Å²) in [4.78, 5) is 12.1. The van der Waals surface area contributed by atoms with E-state index >= 15 is 0 Å². The summed E-state index contributed by atoms with van der Waals surface area (Å²) in [7, 11) is -2.19. The van der Waals surface area contributed by atoms with E-state index in [4.69, 9.17) is 0 Å². The molecule has 0 aliphatic heterocycles. The fraction of sp³-hybridized carbons (Fsp3) is 0.611. The van der Waals surface area contributed by atoms with Crippen LogP contribution in [0.2, 0.25) is 0 Å². The number of sulfonamides is 1. The van der Waals surface area contributed by atoms with Gasteiger partial charge in [0.1, 0.15) is 0 Å². The molecule has 1 amide bonds. The molecular weight excluding hydrogens is 324 g/mol. The first kappa shape index (κ1) is 20.6. The van der Waals surface area contributed by atoms with Crippen LogP contribution in [0, 0.1) is 5.92 Å². The normalized spacial score (nSPS) is 11.9. The van der Waals surface area contributed by atoms with Gasteiger partial charge in [0.05, 0.1) is 11.4 Å². The number of carbonyl (C=O) groups excluding carboxylic acids is 1. The molecular formula is C18H30N2O3S. The molecule has 1 aromatic rings. The van der Waals surface area contributed by atoms with E-state index < -0.39 is 10.0 Å². The molecule has 0 saturated carbocycles. The Morgan fingerprint density at radius 1 is 1.08 bits per heavy atom. The molecule has 0 atom stereocenters. The van der Waals surface area contributed by atoms with Crippen LogP contribution < -0.4 is 5.32 Å². The molecule has 1 aromatic carbocycles. The molecule has 0 aliphatic carbocycles. The van der Waals surface area contributed by atoms with Crippen LogP contribution in [0.25, 0.3) is 0 Å². The molecule has 24 heavy (non-hydrogen) atoms. The molecule has 0 heterocycles. The summed E-state index contributed by atoms with van der Waals surface area (Å²) in [5, 5.41) is 2.79. The van der Waals surface area contributed by atoms with Crippen molar-refractivity contribution in [1.82, 2.24) is 9.62 Å². The first-order chi connectivity index (χ1) is 11.3. The number of nitrogens with zero attached hydrogens (tertiary/aromatic N) is 1. The number of likely N-dealkylation sites (N-methyl/N-ethyl adjacent to an activating group) is 1. The van der Waals surface area contributed by atoms with Crippen LogP contribution in [-0.4, -0.2) is 38.8 Å². The molecule has 136 valence electrons. The van der Waals surface area contributed by atoms with Crippen LogP contribution >= 0.6 is 0 Å². The smallest absolute Gasteiger partial charge is 0.243 e. The second-order valence-corrected chi connectivity index (χ2v) is 8.57. The van der Waals surface area contributed by atoms with Gasteiger partial charge in [-0.25, -0.2) is 8.42 Å². The van der Waals surface area contributed by atoms with Crippen molar-refractivity contribution in [2.45, 2.75) is 50.8 Å². The average Bonchev–Trinajstić information content (AvgIpc) is 2.54. The van der Waals surface area contributed by atoms with Gasteiger partial charge in [0.25, 0.3) is 0 Å². The van der Waals surface area contributed by atoms with E-state index in [-0.39, 0.29) is 17.3 Å². The zero-order valence-electron chi connectivity index (χ0n) is 15.0. The van der Waals surface area contributed by atoms with Gasteiger partial charge >= 0.3 is 0 Å². The summed E-state index contributed by atoms with van der Waals surface area (Å²) in [6, 6.07) is 8.15. The highest BCUT2D eigenvalue weighted by Crippen LogP contribution is 2.13.